The highest BCUT2D eigenvalue weighted by Gasteiger charge is 2.24. The minimum absolute atomic E-state index is 0.0608. The van der Waals surface area contributed by atoms with Crippen molar-refractivity contribution >= 4 is 40.0 Å². The van der Waals surface area contributed by atoms with Crippen molar-refractivity contribution in [1.29, 1.82) is 0 Å². The average Bonchev–Trinajstić information content (AvgIpc) is 3.12. The summed E-state index contributed by atoms with van der Waals surface area (Å²) in [4.78, 5) is 30.6. The highest BCUT2D eigenvalue weighted by Crippen LogP contribution is 2.24. The Bertz CT molecular complexity index is 1090. The van der Waals surface area contributed by atoms with E-state index in [0.29, 0.717) is 22.0 Å². The minimum atomic E-state index is -0.232. The predicted octanol–water partition coefficient (Wildman–Crippen LogP) is 5.40. The third-order valence-corrected chi connectivity index (χ3v) is 5.85. The van der Waals surface area contributed by atoms with Crippen molar-refractivity contribution in [3.8, 4) is 0 Å². The number of benzene rings is 2. The number of hydrogen-bond acceptors (Lipinski definition) is 2. The van der Waals surface area contributed by atoms with Gasteiger partial charge in [-0.15, -0.1) is 0 Å². The molecule has 3 aromatic rings. The SMILES string of the molecule is Cc1cc(C(=O)N2CCCCC2C)ccc1NC(=O)c1cc2ccc(Cl)cc2[nH]1. The van der Waals surface area contributed by atoms with E-state index in [2.05, 4.69) is 17.2 Å². The number of halogens is 1. The monoisotopic (exact) mass is 409 g/mol. The van der Waals surface area contributed by atoms with Crippen LogP contribution < -0.4 is 5.32 Å². The molecule has 2 amide bonds. The van der Waals surface area contributed by atoms with Crippen molar-refractivity contribution in [2.45, 2.75) is 39.2 Å². The van der Waals surface area contributed by atoms with Crippen molar-refractivity contribution in [3.05, 3.63) is 64.3 Å². The van der Waals surface area contributed by atoms with Crippen LogP contribution in [0.5, 0.6) is 0 Å². The molecule has 4 rings (SSSR count). The van der Waals surface area contributed by atoms with Crippen molar-refractivity contribution in [2.75, 3.05) is 11.9 Å². The van der Waals surface area contributed by atoms with Crippen LogP contribution in [0, 0.1) is 6.92 Å². The van der Waals surface area contributed by atoms with Crippen molar-refractivity contribution in [3.63, 3.8) is 0 Å². The van der Waals surface area contributed by atoms with E-state index >= 15 is 0 Å². The van der Waals surface area contributed by atoms with Gasteiger partial charge in [-0.2, -0.15) is 0 Å². The van der Waals surface area contributed by atoms with E-state index in [1.54, 1.807) is 30.3 Å². The van der Waals surface area contributed by atoms with E-state index in [9.17, 15) is 9.59 Å². The van der Waals surface area contributed by atoms with E-state index in [1.165, 1.54) is 6.42 Å². The second-order valence-electron chi connectivity index (χ2n) is 7.74. The molecule has 0 saturated carbocycles. The maximum Gasteiger partial charge on any atom is 0.272 e. The van der Waals surface area contributed by atoms with Crippen LogP contribution in [0.4, 0.5) is 5.69 Å². The number of nitrogens with zero attached hydrogens (tertiary/aromatic N) is 1. The van der Waals surface area contributed by atoms with Gasteiger partial charge in [0.05, 0.1) is 0 Å². The molecule has 1 atom stereocenters. The molecule has 150 valence electrons. The normalized spacial score (nSPS) is 16.8. The fourth-order valence-corrected chi connectivity index (χ4v) is 4.09. The number of H-pyrrole nitrogens is 1. The molecule has 2 N–H and O–H groups in total. The molecule has 1 fully saturated rings. The maximum atomic E-state index is 12.9. The molecule has 1 aromatic heterocycles. The molecular formula is C23H24ClN3O2. The quantitative estimate of drug-likeness (QED) is 0.608. The molecule has 1 aliphatic heterocycles. The number of carbonyl (C=O) groups is 2. The summed E-state index contributed by atoms with van der Waals surface area (Å²) < 4.78 is 0. The highest BCUT2D eigenvalue weighted by atomic mass is 35.5. The van der Waals surface area contributed by atoms with Gasteiger partial charge in [0.1, 0.15) is 5.69 Å². The van der Waals surface area contributed by atoms with Gasteiger partial charge in [-0.3, -0.25) is 9.59 Å². The highest BCUT2D eigenvalue weighted by molar-refractivity contribution is 6.31. The number of likely N-dealkylation sites (tertiary alicyclic amines) is 1. The number of piperidine rings is 1. The second-order valence-corrected chi connectivity index (χ2v) is 8.18. The first kappa shape index (κ1) is 19.5. The fourth-order valence-electron chi connectivity index (χ4n) is 3.91. The summed E-state index contributed by atoms with van der Waals surface area (Å²) in [6, 6.07) is 13.0. The lowest BCUT2D eigenvalue weighted by atomic mass is 10.0. The van der Waals surface area contributed by atoms with Crippen LogP contribution in [0.15, 0.2) is 42.5 Å². The fraction of sp³-hybridized carbons (Fsp3) is 0.304. The van der Waals surface area contributed by atoms with Crippen LogP contribution in [0.1, 0.15) is 52.6 Å². The summed E-state index contributed by atoms with van der Waals surface area (Å²) in [6.07, 6.45) is 3.28. The number of aryl methyl sites for hydroxylation is 1. The van der Waals surface area contributed by atoms with Crippen molar-refractivity contribution < 1.29 is 9.59 Å². The summed E-state index contributed by atoms with van der Waals surface area (Å²) >= 11 is 6.01. The Kier molecular flexibility index (Phi) is 5.33. The number of rotatable bonds is 3. The van der Waals surface area contributed by atoms with Crippen LogP contribution in [0.3, 0.4) is 0 Å². The lowest BCUT2D eigenvalue weighted by molar-refractivity contribution is 0.0635. The lowest BCUT2D eigenvalue weighted by Gasteiger charge is -2.33. The number of fused-ring (bicyclic) bond motifs is 1. The van der Waals surface area contributed by atoms with E-state index in [-0.39, 0.29) is 17.9 Å². The molecule has 0 radical (unpaired) electrons. The number of carbonyl (C=O) groups excluding carboxylic acids is 2. The number of anilines is 1. The Morgan fingerprint density at radius 2 is 1.97 bits per heavy atom. The van der Waals surface area contributed by atoms with E-state index in [4.69, 9.17) is 11.6 Å². The molecule has 6 heteroatoms. The molecule has 29 heavy (non-hydrogen) atoms. The van der Waals surface area contributed by atoms with Gasteiger partial charge in [-0.05, 0) is 75.1 Å². The maximum absolute atomic E-state index is 12.9. The molecule has 1 aliphatic rings. The number of hydrogen-bond donors (Lipinski definition) is 2. The zero-order valence-electron chi connectivity index (χ0n) is 16.6. The molecule has 1 unspecified atom stereocenters. The molecule has 2 heterocycles. The van der Waals surface area contributed by atoms with Crippen LogP contribution in [0.25, 0.3) is 10.9 Å². The predicted molar refractivity (Wildman–Crippen MR) is 117 cm³/mol. The molecule has 5 nitrogen and oxygen atoms in total. The molecule has 0 bridgehead atoms. The van der Waals surface area contributed by atoms with E-state index < -0.39 is 0 Å². The topological polar surface area (TPSA) is 65.2 Å². The third-order valence-electron chi connectivity index (χ3n) is 5.61. The van der Waals surface area contributed by atoms with Crippen molar-refractivity contribution in [1.82, 2.24) is 9.88 Å². The van der Waals surface area contributed by atoms with Gasteiger partial charge in [-0.25, -0.2) is 0 Å². The van der Waals surface area contributed by atoms with Crippen LogP contribution >= 0.6 is 11.6 Å². The largest absolute Gasteiger partial charge is 0.350 e. The van der Waals surface area contributed by atoms with Gasteiger partial charge in [0, 0.05) is 39.8 Å². The number of nitrogens with one attached hydrogen (secondary N) is 2. The second kappa shape index (κ2) is 7.91. The van der Waals surface area contributed by atoms with Gasteiger partial charge >= 0.3 is 0 Å². The molecular weight excluding hydrogens is 386 g/mol. The minimum Gasteiger partial charge on any atom is -0.350 e. The van der Waals surface area contributed by atoms with Gasteiger partial charge in [-0.1, -0.05) is 17.7 Å². The summed E-state index contributed by atoms with van der Waals surface area (Å²) in [6.45, 7) is 4.81. The Labute approximate surface area is 175 Å². The average molecular weight is 410 g/mol. The number of aromatic amines is 1. The van der Waals surface area contributed by atoms with Gasteiger partial charge in [0.2, 0.25) is 0 Å². The van der Waals surface area contributed by atoms with Crippen LogP contribution in [-0.4, -0.2) is 34.3 Å². The third kappa shape index (κ3) is 4.01. The lowest BCUT2D eigenvalue weighted by Crippen LogP contribution is -2.42. The summed E-state index contributed by atoms with van der Waals surface area (Å²) in [5.74, 6) is -0.171. The Morgan fingerprint density at radius 3 is 2.72 bits per heavy atom. The number of aromatic nitrogens is 1. The van der Waals surface area contributed by atoms with Gasteiger partial charge < -0.3 is 15.2 Å². The summed E-state index contributed by atoms with van der Waals surface area (Å²) in [5.41, 5.74) is 3.48. The first-order valence-corrected chi connectivity index (χ1v) is 10.3. The Balaban J connectivity index is 1.51. The standard InChI is InChI=1S/C23H24ClN3O2/c1-14-11-17(23(29)27-10-4-3-5-15(27)2)7-9-19(14)26-22(28)21-12-16-6-8-18(24)13-20(16)25-21/h6-9,11-13,15,25H,3-5,10H2,1-2H3,(H,26,28). The van der Waals surface area contributed by atoms with Gasteiger partial charge in [0.25, 0.3) is 11.8 Å². The first-order chi connectivity index (χ1) is 13.9. The van der Waals surface area contributed by atoms with Crippen LogP contribution in [0.2, 0.25) is 5.02 Å². The molecule has 1 saturated heterocycles. The Morgan fingerprint density at radius 1 is 1.14 bits per heavy atom. The molecule has 2 aromatic carbocycles. The zero-order chi connectivity index (χ0) is 20.5. The van der Waals surface area contributed by atoms with E-state index in [0.717, 1.165) is 35.9 Å². The van der Waals surface area contributed by atoms with Gasteiger partial charge in [0.15, 0.2) is 0 Å². The summed E-state index contributed by atoms with van der Waals surface area (Å²) in [5, 5.41) is 4.47. The molecule has 0 spiro atoms. The summed E-state index contributed by atoms with van der Waals surface area (Å²) in [7, 11) is 0. The first-order valence-electron chi connectivity index (χ1n) is 9.93. The van der Waals surface area contributed by atoms with Crippen molar-refractivity contribution in [2.24, 2.45) is 0 Å². The Hall–Kier alpha value is -2.79. The van der Waals surface area contributed by atoms with Crippen LogP contribution in [-0.2, 0) is 0 Å². The smallest absolute Gasteiger partial charge is 0.272 e. The number of amides is 2. The molecule has 0 aliphatic carbocycles. The van der Waals surface area contributed by atoms with E-state index in [1.807, 2.05) is 24.0 Å². The zero-order valence-corrected chi connectivity index (χ0v) is 17.3.